The molecule has 4 rings (SSSR count). The van der Waals surface area contributed by atoms with Crippen molar-refractivity contribution in [1.82, 2.24) is 4.98 Å². The molecule has 0 saturated heterocycles. The normalized spacial score (nSPS) is 12.3. The molecule has 27 heavy (non-hydrogen) atoms. The highest BCUT2D eigenvalue weighted by Crippen LogP contribution is 2.34. The Labute approximate surface area is 162 Å². The highest BCUT2D eigenvalue weighted by atomic mass is 32.1. The maximum absolute atomic E-state index is 12.5. The van der Waals surface area contributed by atoms with Crippen molar-refractivity contribution >= 4 is 22.4 Å². The van der Waals surface area contributed by atoms with Gasteiger partial charge in [-0.3, -0.25) is 10.1 Å². The van der Waals surface area contributed by atoms with E-state index in [1.165, 1.54) is 16.9 Å². The molecule has 0 spiro atoms. The topological polar surface area (TPSA) is 60.5 Å². The molecule has 0 unspecified atom stereocenters. The lowest BCUT2D eigenvalue weighted by Gasteiger charge is -2.05. The first-order valence-corrected chi connectivity index (χ1v) is 9.54. The number of hydrogen-bond donors (Lipinski definition) is 1. The van der Waals surface area contributed by atoms with Crippen molar-refractivity contribution in [3.05, 3.63) is 69.2 Å². The summed E-state index contributed by atoms with van der Waals surface area (Å²) in [6.07, 6.45) is 0.736. The van der Waals surface area contributed by atoms with Gasteiger partial charge in [0, 0.05) is 16.9 Å². The number of hydrogen-bond acceptors (Lipinski definition) is 5. The summed E-state index contributed by atoms with van der Waals surface area (Å²) >= 11 is 1.50. The molecule has 5 nitrogen and oxygen atoms in total. The summed E-state index contributed by atoms with van der Waals surface area (Å²) in [7, 11) is 0. The predicted molar refractivity (Wildman–Crippen MR) is 106 cm³/mol. The summed E-state index contributed by atoms with van der Waals surface area (Å²) in [6, 6.07) is 11.7. The molecule has 1 aliphatic heterocycles. The summed E-state index contributed by atoms with van der Waals surface area (Å²) in [6.45, 7) is 6.27. The van der Waals surface area contributed by atoms with Crippen LogP contribution in [-0.2, 0) is 6.42 Å². The van der Waals surface area contributed by atoms with E-state index in [0.29, 0.717) is 10.7 Å². The summed E-state index contributed by atoms with van der Waals surface area (Å²) in [4.78, 5) is 18.1. The molecule has 1 aliphatic rings. The number of ether oxygens (including phenoxy) is 2. The number of aromatic nitrogens is 1. The van der Waals surface area contributed by atoms with E-state index < -0.39 is 0 Å². The second-order valence-corrected chi connectivity index (χ2v) is 7.73. The van der Waals surface area contributed by atoms with Crippen molar-refractivity contribution in [3.8, 4) is 11.5 Å². The first kappa shape index (κ1) is 17.5. The fourth-order valence-corrected chi connectivity index (χ4v) is 3.93. The van der Waals surface area contributed by atoms with Crippen LogP contribution in [0, 0.1) is 20.8 Å². The number of benzene rings is 2. The van der Waals surface area contributed by atoms with Gasteiger partial charge in [-0.1, -0.05) is 12.1 Å². The van der Waals surface area contributed by atoms with Gasteiger partial charge in [0.25, 0.3) is 5.91 Å². The van der Waals surface area contributed by atoms with Crippen LogP contribution in [0.25, 0.3) is 0 Å². The van der Waals surface area contributed by atoms with E-state index in [4.69, 9.17) is 9.47 Å². The van der Waals surface area contributed by atoms with E-state index in [-0.39, 0.29) is 12.7 Å². The minimum absolute atomic E-state index is 0.138. The molecule has 0 atom stereocenters. The number of amides is 1. The number of carbonyl (C=O) groups excluding carboxylic acids is 1. The third-order valence-corrected chi connectivity index (χ3v) is 5.76. The second kappa shape index (κ2) is 7.04. The standard InChI is InChI=1S/C21H20N2O3S/c1-12-4-6-16(8-13(12)2)20(24)23-21-22-14(3)19(27-21)10-15-5-7-17-18(9-15)26-11-25-17/h4-9H,10-11H2,1-3H3,(H,22,23,24). The Balaban J connectivity index is 1.49. The van der Waals surface area contributed by atoms with Gasteiger partial charge >= 0.3 is 0 Å². The highest BCUT2D eigenvalue weighted by Gasteiger charge is 2.16. The van der Waals surface area contributed by atoms with Crippen LogP contribution in [0.5, 0.6) is 11.5 Å². The van der Waals surface area contributed by atoms with E-state index in [2.05, 4.69) is 10.3 Å². The molecular formula is C21H20N2O3S. The number of anilines is 1. The van der Waals surface area contributed by atoms with Crippen molar-refractivity contribution < 1.29 is 14.3 Å². The first-order chi connectivity index (χ1) is 13.0. The maximum Gasteiger partial charge on any atom is 0.257 e. The number of nitrogens with zero attached hydrogens (tertiary/aromatic N) is 1. The number of rotatable bonds is 4. The van der Waals surface area contributed by atoms with Gasteiger partial charge in [-0.2, -0.15) is 0 Å². The average Bonchev–Trinajstić information content (AvgIpc) is 3.23. The van der Waals surface area contributed by atoms with Crippen LogP contribution in [0.2, 0.25) is 0 Å². The molecule has 0 fully saturated rings. The number of fused-ring (bicyclic) bond motifs is 1. The van der Waals surface area contributed by atoms with Gasteiger partial charge in [0.2, 0.25) is 6.79 Å². The van der Waals surface area contributed by atoms with E-state index >= 15 is 0 Å². The molecular weight excluding hydrogens is 360 g/mol. The largest absolute Gasteiger partial charge is 0.454 e. The van der Waals surface area contributed by atoms with Gasteiger partial charge in [-0.15, -0.1) is 11.3 Å². The van der Waals surface area contributed by atoms with E-state index in [1.807, 2.05) is 57.2 Å². The molecule has 1 amide bonds. The smallest absolute Gasteiger partial charge is 0.257 e. The molecule has 1 N–H and O–H groups in total. The lowest BCUT2D eigenvalue weighted by molar-refractivity contribution is 0.102. The third kappa shape index (κ3) is 3.66. The minimum Gasteiger partial charge on any atom is -0.454 e. The number of carbonyl (C=O) groups is 1. The van der Waals surface area contributed by atoms with Crippen molar-refractivity contribution in [3.63, 3.8) is 0 Å². The Hall–Kier alpha value is -2.86. The van der Waals surface area contributed by atoms with Gasteiger partial charge in [0.15, 0.2) is 16.6 Å². The summed E-state index contributed by atoms with van der Waals surface area (Å²) < 4.78 is 10.8. The van der Waals surface area contributed by atoms with E-state index in [9.17, 15) is 4.79 Å². The van der Waals surface area contributed by atoms with Crippen LogP contribution < -0.4 is 14.8 Å². The molecule has 2 aromatic carbocycles. The van der Waals surface area contributed by atoms with Gasteiger partial charge in [-0.05, 0) is 61.7 Å². The lowest BCUT2D eigenvalue weighted by atomic mass is 10.1. The van der Waals surface area contributed by atoms with Crippen LogP contribution in [0.4, 0.5) is 5.13 Å². The van der Waals surface area contributed by atoms with Crippen LogP contribution in [-0.4, -0.2) is 17.7 Å². The molecule has 0 saturated carbocycles. The minimum atomic E-state index is -0.138. The van der Waals surface area contributed by atoms with Crippen molar-refractivity contribution in [2.45, 2.75) is 27.2 Å². The molecule has 0 radical (unpaired) electrons. The monoisotopic (exact) mass is 380 g/mol. The number of thiazole rings is 1. The zero-order valence-corrected chi connectivity index (χ0v) is 16.3. The Morgan fingerprint density at radius 2 is 1.89 bits per heavy atom. The zero-order chi connectivity index (χ0) is 19.0. The van der Waals surface area contributed by atoms with Crippen molar-refractivity contribution in [2.24, 2.45) is 0 Å². The quantitative estimate of drug-likeness (QED) is 0.716. The average molecular weight is 380 g/mol. The summed E-state index contributed by atoms with van der Waals surface area (Å²) in [5.41, 5.74) is 4.96. The van der Waals surface area contributed by atoms with Gasteiger partial charge in [-0.25, -0.2) is 4.98 Å². The molecule has 0 bridgehead atoms. The molecule has 3 aromatic rings. The van der Waals surface area contributed by atoms with Crippen molar-refractivity contribution in [2.75, 3.05) is 12.1 Å². The van der Waals surface area contributed by atoms with Gasteiger partial charge in [0.1, 0.15) is 0 Å². The van der Waals surface area contributed by atoms with E-state index in [1.54, 1.807) is 0 Å². The third-order valence-electron chi connectivity index (χ3n) is 4.68. The zero-order valence-electron chi connectivity index (χ0n) is 15.5. The summed E-state index contributed by atoms with van der Waals surface area (Å²) in [5.74, 6) is 1.42. The molecule has 1 aromatic heterocycles. The number of nitrogens with one attached hydrogen (secondary N) is 1. The fraction of sp³-hybridized carbons (Fsp3) is 0.238. The van der Waals surface area contributed by atoms with Crippen molar-refractivity contribution in [1.29, 1.82) is 0 Å². The molecule has 138 valence electrons. The Morgan fingerprint density at radius 3 is 2.70 bits per heavy atom. The highest BCUT2D eigenvalue weighted by molar-refractivity contribution is 7.15. The van der Waals surface area contributed by atoms with Crippen LogP contribution in [0.3, 0.4) is 0 Å². The van der Waals surface area contributed by atoms with Crippen LogP contribution in [0.1, 0.15) is 37.6 Å². The van der Waals surface area contributed by atoms with Crippen LogP contribution >= 0.6 is 11.3 Å². The Bertz CT molecular complexity index is 1030. The van der Waals surface area contributed by atoms with Gasteiger partial charge in [0.05, 0.1) is 5.69 Å². The van der Waals surface area contributed by atoms with Gasteiger partial charge < -0.3 is 9.47 Å². The maximum atomic E-state index is 12.5. The molecule has 2 heterocycles. The first-order valence-electron chi connectivity index (χ1n) is 8.73. The predicted octanol–water partition coefficient (Wildman–Crippen LogP) is 4.64. The van der Waals surface area contributed by atoms with E-state index in [0.717, 1.165) is 39.6 Å². The summed E-state index contributed by atoms with van der Waals surface area (Å²) in [5, 5.41) is 3.53. The SMILES string of the molecule is Cc1ccc(C(=O)Nc2nc(C)c(Cc3ccc4c(c3)OCO4)s2)cc1C. The Kier molecular flexibility index (Phi) is 4.58. The Morgan fingerprint density at radius 1 is 1.07 bits per heavy atom. The molecule has 0 aliphatic carbocycles. The lowest BCUT2D eigenvalue weighted by Crippen LogP contribution is -2.12. The molecule has 6 heteroatoms. The fourth-order valence-electron chi connectivity index (χ4n) is 2.93. The van der Waals surface area contributed by atoms with Crippen LogP contribution in [0.15, 0.2) is 36.4 Å². The number of aryl methyl sites for hydroxylation is 3. The second-order valence-electron chi connectivity index (χ2n) is 6.65.